The summed E-state index contributed by atoms with van der Waals surface area (Å²) in [4.78, 5) is 17.8. The zero-order chi connectivity index (χ0) is 17.8. The summed E-state index contributed by atoms with van der Waals surface area (Å²) in [5, 5.41) is 6.74. The van der Waals surface area contributed by atoms with Crippen LogP contribution in [0.3, 0.4) is 0 Å². The second kappa shape index (κ2) is 7.49. The minimum atomic E-state index is -0.214. The van der Waals surface area contributed by atoms with E-state index in [4.69, 9.17) is 0 Å². The maximum Gasteiger partial charge on any atom is 0.319 e. The van der Waals surface area contributed by atoms with Gasteiger partial charge in [0.15, 0.2) is 0 Å². The van der Waals surface area contributed by atoms with Crippen molar-refractivity contribution in [2.24, 2.45) is 0 Å². The molecule has 0 atom stereocenters. The second-order valence-electron chi connectivity index (χ2n) is 6.02. The number of hydrogen-bond acceptors (Lipinski definition) is 3. The van der Waals surface area contributed by atoms with Crippen LogP contribution in [0.25, 0.3) is 10.6 Å². The molecule has 1 heterocycles. The van der Waals surface area contributed by atoms with Crippen LogP contribution in [-0.4, -0.2) is 11.0 Å². The number of nitrogens with one attached hydrogen (secondary N) is 2. The molecule has 0 fully saturated rings. The van der Waals surface area contributed by atoms with Gasteiger partial charge in [-0.15, -0.1) is 11.3 Å². The van der Waals surface area contributed by atoms with Crippen LogP contribution in [-0.2, 0) is 6.54 Å². The summed E-state index contributed by atoms with van der Waals surface area (Å²) in [5.74, 6) is 0. The smallest absolute Gasteiger partial charge is 0.319 e. The van der Waals surface area contributed by atoms with E-state index >= 15 is 0 Å². The molecule has 2 amide bonds. The van der Waals surface area contributed by atoms with Crippen LogP contribution in [0, 0.1) is 20.8 Å². The summed E-state index contributed by atoms with van der Waals surface area (Å²) in [6.45, 7) is 6.54. The number of carbonyl (C=O) groups is 1. The largest absolute Gasteiger partial charge is 0.333 e. The molecule has 0 aliphatic rings. The number of aryl methyl sites for hydroxylation is 3. The van der Waals surface area contributed by atoms with E-state index in [1.165, 1.54) is 5.56 Å². The van der Waals surface area contributed by atoms with Crippen molar-refractivity contribution in [2.75, 3.05) is 5.32 Å². The zero-order valence-corrected chi connectivity index (χ0v) is 15.4. The van der Waals surface area contributed by atoms with Gasteiger partial charge in [-0.2, -0.15) is 0 Å². The Labute approximate surface area is 151 Å². The molecule has 0 aliphatic carbocycles. The molecule has 128 valence electrons. The Morgan fingerprint density at radius 3 is 2.48 bits per heavy atom. The Bertz CT molecular complexity index is 884. The van der Waals surface area contributed by atoms with Crippen molar-refractivity contribution < 1.29 is 4.79 Å². The lowest BCUT2D eigenvalue weighted by Gasteiger charge is -2.07. The third-order valence-corrected chi connectivity index (χ3v) is 5.18. The number of thiazole rings is 1. The molecule has 2 N–H and O–H groups in total. The predicted octanol–water partition coefficient (Wildman–Crippen LogP) is 5.06. The summed E-state index contributed by atoms with van der Waals surface area (Å²) >= 11 is 1.62. The standard InChI is InChI=1S/C20H21N3OS/c1-13-8-10-16(11-9-13)23-20(24)21-12-18-15(3)22-19(25-18)17-7-5-4-6-14(17)2/h4-11H,12H2,1-3H3,(H2,21,23,24). The van der Waals surface area contributed by atoms with Gasteiger partial charge in [-0.1, -0.05) is 42.0 Å². The Hall–Kier alpha value is -2.66. The zero-order valence-electron chi connectivity index (χ0n) is 14.6. The van der Waals surface area contributed by atoms with Gasteiger partial charge in [0.05, 0.1) is 12.2 Å². The van der Waals surface area contributed by atoms with Crippen LogP contribution in [0.4, 0.5) is 10.5 Å². The highest BCUT2D eigenvalue weighted by molar-refractivity contribution is 7.15. The number of aromatic nitrogens is 1. The van der Waals surface area contributed by atoms with Crippen molar-refractivity contribution in [1.82, 2.24) is 10.3 Å². The van der Waals surface area contributed by atoms with Crippen LogP contribution < -0.4 is 10.6 Å². The molecule has 3 rings (SSSR count). The maximum absolute atomic E-state index is 12.1. The van der Waals surface area contributed by atoms with Gasteiger partial charge in [0, 0.05) is 16.1 Å². The number of benzene rings is 2. The van der Waals surface area contributed by atoms with Gasteiger partial charge in [-0.3, -0.25) is 0 Å². The Morgan fingerprint density at radius 1 is 1.04 bits per heavy atom. The first-order valence-electron chi connectivity index (χ1n) is 8.17. The van der Waals surface area contributed by atoms with Crippen molar-refractivity contribution in [3.63, 3.8) is 0 Å². The molecule has 0 saturated carbocycles. The molecule has 0 spiro atoms. The third-order valence-electron chi connectivity index (χ3n) is 3.99. The minimum Gasteiger partial charge on any atom is -0.333 e. The third kappa shape index (κ3) is 4.25. The fourth-order valence-electron chi connectivity index (χ4n) is 2.49. The minimum absolute atomic E-state index is 0.214. The molecule has 5 heteroatoms. The topological polar surface area (TPSA) is 54.0 Å². The van der Waals surface area contributed by atoms with Gasteiger partial charge in [-0.05, 0) is 38.5 Å². The van der Waals surface area contributed by atoms with E-state index in [-0.39, 0.29) is 6.03 Å². The van der Waals surface area contributed by atoms with Gasteiger partial charge < -0.3 is 10.6 Å². The van der Waals surface area contributed by atoms with Crippen LogP contribution in [0.1, 0.15) is 21.7 Å². The van der Waals surface area contributed by atoms with Crippen molar-refractivity contribution in [1.29, 1.82) is 0 Å². The first-order valence-corrected chi connectivity index (χ1v) is 8.98. The number of carbonyl (C=O) groups excluding carboxylic acids is 1. The van der Waals surface area contributed by atoms with E-state index < -0.39 is 0 Å². The van der Waals surface area contributed by atoms with E-state index in [0.29, 0.717) is 6.54 Å². The first-order chi connectivity index (χ1) is 12.0. The number of rotatable bonds is 4. The van der Waals surface area contributed by atoms with E-state index in [9.17, 15) is 4.79 Å². The van der Waals surface area contributed by atoms with Crippen LogP contribution in [0.15, 0.2) is 48.5 Å². The highest BCUT2D eigenvalue weighted by atomic mass is 32.1. The summed E-state index contributed by atoms with van der Waals surface area (Å²) in [6.07, 6.45) is 0. The molecule has 25 heavy (non-hydrogen) atoms. The quantitative estimate of drug-likeness (QED) is 0.690. The Morgan fingerprint density at radius 2 is 1.76 bits per heavy atom. The van der Waals surface area contributed by atoms with Crippen LogP contribution >= 0.6 is 11.3 Å². The number of hydrogen-bond donors (Lipinski definition) is 2. The first kappa shape index (κ1) is 17.2. The lowest BCUT2D eigenvalue weighted by atomic mass is 10.1. The van der Waals surface area contributed by atoms with Crippen LogP contribution in [0.5, 0.6) is 0 Å². The lowest BCUT2D eigenvalue weighted by Crippen LogP contribution is -2.28. The summed E-state index contributed by atoms with van der Waals surface area (Å²) in [5.41, 5.74) is 5.25. The number of nitrogens with zero attached hydrogens (tertiary/aromatic N) is 1. The normalized spacial score (nSPS) is 10.5. The number of amides is 2. The molecule has 1 aromatic heterocycles. The molecular formula is C20H21N3OS. The molecule has 3 aromatic rings. The fourth-order valence-corrected chi connectivity index (χ4v) is 3.59. The van der Waals surface area contributed by atoms with Crippen molar-refractivity contribution in [2.45, 2.75) is 27.3 Å². The monoisotopic (exact) mass is 351 g/mol. The predicted molar refractivity (Wildman–Crippen MR) is 104 cm³/mol. The fraction of sp³-hybridized carbons (Fsp3) is 0.200. The maximum atomic E-state index is 12.1. The SMILES string of the molecule is Cc1ccc(NC(=O)NCc2sc(-c3ccccc3C)nc2C)cc1. The highest BCUT2D eigenvalue weighted by Gasteiger charge is 2.12. The molecule has 0 bridgehead atoms. The van der Waals surface area contributed by atoms with Crippen molar-refractivity contribution in [3.8, 4) is 10.6 Å². The summed E-state index contributed by atoms with van der Waals surface area (Å²) < 4.78 is 0. The van der Waals surface area contributed by atoms with Crippen molar-refractivity contribution in [3.05, 3.63) is 70.2 Å². The van der Waals surface area contributed by atoms with Gasteiger partial charge >= 0.3 is 6.03 Å². The van der Waals surface area contributed by atoms with Crippen LogP contribution in [0.2, 0.25) is 0 Å². The van der Waals surface area contributed by atoms with E-state index in [2.05, 4.69) is 34.7 Å². The van der Waals surface area contributed by atoms with Gasteiger partial charge in [-0.25, -0.2) is 9.78 Å². The molecule has 2 aromatic carbocycles. The highest BCUT2D eigenvalue weighted by Crippen LogP contribution is 2.29. The second-order valence-corrected chi connectivity index (χ2v) is 7.10. The molecular weight excluding hydrogens is 330 g/mol. The van der Waals surface area contributed by atoms with E-state index in [1.54, 1.807) is 11.3 Å². The molecule has 0 saturated heterocycles. The van der Waals surface area contributed by atoms with E-state index in [0.717, 1.165) is 32.4 Å². The average molecular weight is 351 g/mol. The summed E-state index contributed by atoms with van der Waals surface area (Å²) in [7, 11) is 0. The van der Waals surface area contributed by atoms with Crippen molar-refractivity contribution >= 4 is 23.1 Å². The lowest BCUT2D eigenvalue weighted by molar-refractivity contribution is 0.252. The molecule has 0 unspecified atom stereocenters. The Balaban J connectivity index is 1.64. The number of urea groups is 1. The molecule has 0 radical (unpaired) electrons. The number of anilines is 1. The van der Waals surface area contributed by atoms with E-state index in [1.807, 2.05) is 50.2 Å². The average Bonchev–Trinajstić information content (AvgIpc) is 2.96. The van der Waals surface area contributed by atoms with Gasteiger partial charge in [0.2, 0.25) is 0 Å². The van der Waals surface area contributed by atoms with Gasteiger partial charge in [0.1, 0.15) is 5.01 Å². The Kier molecular flexibility index (Phi) is 5.14. The molecule has 0 aliphatic heterocycles. The molecule has 4 nitrogen and oxygen atoms in total. The van der Waals surface area contributed by atoms with Gasteiger partial charge in [0.25, 0.3) is 0 Å². The summed E-state index contributed by atoms with van der Waals surface area (Å²) in [6, 6.07) is 15.7.